The topological polar surface area (TPSA) is 94.8 Å². The highest BCUT2D eigenvalue weighted by molar-refractivity contribution is 6.31. The van der Waals surface area contributed by atoms with Crippen molar-refractivity contribution in [3.8, 4) is 11.3 Å². The van der Waals surface area contributed by atoms with Gasteiger partial charge in [-0.25, -0.2) is 10.4 Å². The number of nitrogens with one attached hydrogen (secondary N) is 2. The first kappa shape index (κ1) is 21.3. The summed E-state index contributed by atoms with van der Waals surface area (Å²) in [4.78, 5) is 17.4. The summed E-state index contributed by atoms with van der Waals surface area (Å²) >= 11 is 6.32. The molecule has 3 heterocycles. The summed E-state index contributed by atoms with van der Waals surface area (Å²) in [6.07, 6.45) is 7.81. The third-order valence-corrected chi connectivity index (χ3v) is 5.13. The van der Waals surface area contributed by atoms with Crippen LogP contribution in [0.3, 0.4) is 0 Å². The number of aliphatic hydroxyl groups is 1. The van der Waals surface area contributed by atoms with Crippen LogP contribution in [-0.4, -0.2) is 44.2 Å². The standard InChI is InChI=1S/C22H25ClN6O2/c1-4-14-8-15(10-16(23)9-14)19-18(12-28(27-19)13-22(2,3)31)26-21(30)17-11-25-29-7-5-6-24-20(17)29/h5-10,12,25,31H,4,11,13H2,1-3H3,(H,26,30). The summed E-state index contributed by atoms with van der Waals surface area (Å²) in [5.41, 5.74) is 5.68. The molecule has 162 valence electrons. The molecular weight excluding hydrogens is 416 g/mol. The smallest absolute Gasteiger partial charge is 0.256 e. The number of aryl methyl sites for hydroxylation is 1. The van der Waals surface area contributed by atoms with Gasteiger partial charge in [-0.15, -0.1) is 0 Å². The molecule has 2 aliphatic rings. The van der Waals surface area contributed by atoms with Gasteiger partial charge in [0.2, 0.25) is 0 Å². The number of carbonyl (C=O) groups is 1. The first-order valence-electron chi connectivity index (χ1n) is 10.1. The molecule has 0 spiro atoms. The van der Waals surface area contributed by atoms with Crippen LogP contribution >= 0.6 is 11.6 Å². The Bertz CT molecular complexity index is 1110. The van der Waals surface area contributed by atoms with E-state index in [2.05, 4.69) is 27.8 Å². The molecular formula is C22H25ClN6O2. The van der Waals surface area contributed by atoms with Gasteiger partial charge >= 0.3 is 0 Å². The summed E-state index contributed by atoms with van der Waals surface area (Å²) in [7, 11) is 0. The Morgan fingerprint density at radius 1 is 1.35 bits per heavy atom. The molecule has 31 heavy (non-hydrogen) atoms. The number of aliphatic imine (C=N–C) groups is 1. The minimum Gasteiger partial charge on any atom is -0.389 e. The fraction of sp³-hybridized carbons (Fsp3) is 0.318. The molecule has 1 aromatic heterocycles. The van der Waals surface area contributed by atoms with Crippen LogP contribution in [-0.2, 0) is 17.8 Å². The van der Waals surface area contributed by atoms with Crippen molar-refractivity contribution < 1.29 is 9.90 Å². The molecule has 1 amide bonds. The number of carbonyl (C=O) groups excluding carboxylic acids is 1. The van der Waals surface area contributed by atoms with Gasteiger partial charge in [0, 0.05) is 35.7 Å². The highest BCUT2D eigenvalue weighted by atomic mass is 35.5. The highest BCUT2D eigenvalue weighted by Crippen LogP contribution is 2.31. The largest absolute Gasteiger partial charge is 0.389 e. The monoisotopic (exact) mass is 440 g/mol. The Morgan fingerprint density at radius 2 is 2.16 bits per heavy atom. The number of hydrazine groups is 1. The number of aromatic nitrogens is 2. The highest BCUT2D eigenvalue weighted by Gasteiger charge is 2.28. The molecule has 2 aliphatic heterocycles. The molecule has 9 heteroatoms. The van der Waals surface area contributed by atoms with Crippen LogP contribution in [0.15, 0.2) is 53.1 Å². The number of fused-ring (bicyclic) bond motifs is 1. The van der Waals surface area contributed by atoms with Crippen molar-refractivity contribution in [2.45, 2.75) is 39.3 Å². The first-order chi connectivity index (χ1) is 14.7. The van der Waals surface area contributed by atoms with Gasteiger partial charge in [0.25, 0.3) is 5.91 Å². The molecule has 0 atom stereocenters. The van der Waals surface area contributed by atoms with Gasteiger partial charge in [0.15, 0.2) is 5.82 Å². The van der Waals surface area contributed by atoms with E-state index in [0.29, 0.717) is 34.3 Å². The van der Waals surface area contributed by atoms with E-state index < -0.39 is 5.60 Å². The zero-order chi connectivity index (χ0) is 22.2. The van der Waals surface area contributed by atoms with Crippen LogP contribution in [0.2, 0.25) is 5.02 Å². The molecule has 8 nitrogen and oxygen atoms in total. The maximum absolute atomic E-state index is 13.1. The van der Waals surface area contributed by atoms with E-state index in [1.165, 1.54) is 0 Å². The zero-order valence-electron chi connectivity index (χ0n) is 17.7. The lowest BCUT2D eigenvalue weighted by molar-refractivity contribution is -0.112. The molecule has 0 unspecified atom stereocenters. The predicted octanol–water partition coefficient (Wildman–Crippen LogP) is 3.11. The number of allylic oxidation sites excluding steroid dienone is 1. The Morgan fingerprint density at radius 3 is 2.90 bits per heavy atom. The molecule has 0 radical (unpaired) electrons. The number of benzene rings is 1. The summed E-state index contributed by atoms with van der Waals surface area (Å²) in [5, 5.41) is 20.2. The number of nitrogens with zero attached hydrogens (tertiary/aromatic N) is 4. The second kappa shape index (κ2) is 8.30. The Balaban J connectivity index is 1.71. The second-order valence-electron chi connectivity index (χ2n) is 8.18. The average Bonchev–Trinajstić information content (AvgIpc) is 3.30. The first-order valence-corrected chi connectivity index (χ1v) is 10.5. The van der Waals surface area contributed by atoms with Crippen LogP contribution in [0, 0.1) is 0 Å². The third kappa shape index (κ3) is 4.71. The fourth-order valence-electron chi connectivity index (χ4n) is 3.54. The molecule has 2 aromatic rings. The lowest BCUT2D eigenvalue weighted by Gasteiger charge is -2.16. The van der Waals surface area contributed by atoms with Crippen molar-refractivity contribution in [3.63, 3.8) is 0 Å². The van der Waals surface area contributed by atoms with Crippen LogP contribution in [0.5, 0.6) is 0 Å². The van der Waals surface area contributed by atoms with E-state index in [4.69, 9.17) is 11.6 Å². The van der Waals surface area contributed by atoms with Gasteiger partial charge in [-0.1, -0.05) is 18.5 Å². The number of hydrogen-bond acceptors (Lipinski definition) is 6. The van der Waals surface area contributed by atoms with Crippen molar-refractivity contribution >= 4 is 29.4 Å². The van der Waals surface area contributed by atoms with Crippen molar-refractivity contribution in [1.29, 1.82) is 0 Å². The molecule has 3 N–H and O–H groups in total. The van der Waals surface area contributed by atoms with Crippen LogP contribution < -0.4 is 10.7 Å². The van der Waals surface area contributed by atoms with Crippen LogP contribution in [0.4, 0.5) is 5.69 Å². The lowest BCUT2D eigenvalue weighted by Crippen LogP contribution is -2.27. The SMILES string of the molecule is CCc1cc(Cl)cc(-c2nn(CC(C)(C)O)cc2NC(=O)C2=C3N=CC=CN3NC2)c1. The molecule has 4 rings (SSSR count). The predicted molar refractivity (Wildman–Crippen MR) is 121 cm³/mol. The molecule has 0 aliphatic carbocycles. The lowest BCUT2D eigenvalue weighted by atomic mass is 10.1. The number of amides is 1. The van der Waals surface area contributed by atoms with Gasteiger partial charge in [0.05, 0.1) is 23.4 Å². The molecule has 0 saturated heterocycles. The maximum atomic E-state index is 13.1. The van der Waals surface area contributed by atoms with Crippen molar-refractivity contribution in [3.05, 3.63) is 58.7 Å². The van der Waals surface area contributed by atoms with Gasteiger partial charge in [0.1, 0.15) is 5.69 Å². The van der Waals surface area contributed by atoms with Gasteiger partial charge in [-0.05, 0) is 50.1 Å². The summed E-state index contributed by atoms with van der Waals surface area (Å²) < 4.78 is 1.63. The number of halogens is 1. The van der Waals surface area contributed by atoms with Gasteiger partial charge < -0.3 is 10.4 Å². The maximum Gasteiger partial charge on any atom is 0.256 e. The van der Waals surface area contributed by atoms with Crippen LogP contribution in [0.1, 0.15) is 26.3 Å². The van der Waals surface area contributed by atoms with E-state index in [1.54, 1.807) is 42.0 Å². The molecule has 0 saturated carbocycles. The normalized spacial score (nSPS) is 15.6. The minimum absolute atomic E-state index is 0.265. The van der Waals surface area contributed by atoms with Crippen molar-refractivity contribution in [2.75, 3.05) is 11.9 Å². The molecule has 0 fully saturated rings. The Kier molecular flexibility index (Phi) is 5.70. The summed E-state index contributed by atoms with van der Waals surface area (Å²) in [6.45, 7) is 6.11. The van der Waals surface area contributed by atoms with Crippen molar-refractivity contribution in [1.82, 2.24) is 20.2 Å². The van der Waals surface area contributed by atoms with E-state index >= 15 is 0 Å². The summed E-state index contributed by atoms with van der Waals surface area (Å²) in [5.74, 6) is 0.306. The van der Waals surface area contributed by atoms with E-state index in [1.807, 2.05) is 24.4 Å². The zero-order valence-corrected chi connectivity index (χ0v) is 18.4. The second-order valence-corrected chi connectivity index (χ2v) is 8.62. The third-order valence-electron chi connectivity index (χ3n) is 4.91. The molecule has 0 bridgehead atoms. The average molecular weight is 441 g/mol. The number of hydrogen-bond donors (Lipinski definition) is 3. The fourth-order valence-corrected chi connectivity index (χ4v) is 3.80. The van der Waals surface area contributed by atoms with Gasteiger partial charge in [-0.2, -0.15) is 5.10 Å². The summed E-state index contributed by atoms with van der Waals surface area (Å²) in [6, 6.07) is 5.75. The molecule has 1 aromatic carbocycles. The van der Waals surface area contributed by atoms with E-state index in [-0.39, 0.29) is 12.5 Å². The van der Waals surface area contributed by atoms with E-state index in [9.17, 15) is 9.90 Å². The number of rotatable bonds is 6. The Labute approximate surface area is 185 Å². The van der Waals surface area contributed by atoms with E-state index in [0.717, 1.165) is 17.5 Å². The van der Waals surface area contributed by atoms with Crippen molar-refractivity contribution in [2.24, 2.45) is 4.99 Å². The number of anilines is 1. The van der Waals surface area contributed by atoms with Gasteiger partial charge in [-0.3, -0.25) is 14.5 Å². The minimum atomic E-state index is -0.961. The van der Waals surface area contributed by atoms with Crippen LogP contribution in [0.25, 0.3) is 11.3 Å². The quantitative estimate of drug-likeness (QED) is 0.641. The Hall–Kier alpha value is -2.94.